The maximum atomic E-state index is 10.2. The lowest BCUT2D eigenvalue weighted by molar-refractivity contribution is 0.111. The average Bonchev–Trinajstić information content (AvgIpc) is 2.63. The van der Waals surface area contributed by atoms with Crippen molar-refractivity contribution in [2.45, 2.75) is 6.54 Å². The molecule has 0 radical (unpaired) electrons. The van der Waals surface area contributed by atoms with Gasteiger partial charge < -0.3 is 15.5 Å². The van der Waals surface area contributed by atoms with Crippen LogP contribution in [0.25, 0.3) is 0 Å². The fourth-order valence-electron chi connectivity index (χ4n) is 1.03. The third-order valence-corrected chi connectivity index (χ3v) is 2.59. The van der Waals surface area contributed by atoms with Crippen molar-refractivity contribution in [3.05, 3.63) is 16.1 Å². The first-order chi connectivity index (χ1) is 8.35. The van der Waals surface area contributed by atoms with Gasteiger partial charge in [-0.2, -0.15) is 0 Å². The standard InChI is InChI=1S/C7H10N2OS.C4H10N2S.ClH/c1-9(2)3-7-8-6(4-10)5-11-7;1-6(2)3-4(5)7;/h4-5H,3H2,1-2H3;3H2,1-2H3,(H2,5,7);1H. The van der Waals surface area contributed by atoms with E-state index in [-0.39, 0.29) is 12.4 Å². The highest BCUT2D eigenvalue weighted by atomic mass is 35.5. The first kappa shape index (κ1) is 20.7. The van der Waals surface area contributed by atoms with Crippen molar-refractivity contribution in [3.8, 4) is 0 Å². The zero-order chi connectivity index (χ0) is 14.1. The minimum absolute atomic E-state index is 0. The van der Waals surface area contributed by atoms with Gasteiger partial charge in [-0.15, -0.1) is 23.7 Å². The zero-order valence-electron chi connectivity index (χ0n) is 11.6. The third kappa shape index (κ3) is 12.2. The average molecular weight is 325 g/mol. The molecule has 0 aromatic carbocycles. The van der Waals surface area contributed by atoms with Gasteiger partial charge in [-0.05, 0) is 28.2 Å². The summed E-state index contributed by atoms with van der Waals surface area (Å²) in [6.45, 7) is 1.51. The number of hydrogen-bond acceptors (Lipinski definition) is 6. The Morgan fingerprint density at radius 3 is 2.26 bits per heavy atom. The first-order valence-electron chi connectivity index (χ1n) is 5.32. The summed E-state index contributed by atoms with van der Waals surface area (Å²) in [5.41, 5.74) is 5.72. The lowest BCUT2D eigenvalue weighted by Gasteiger charge is -2.05. The van der Waals surface area contributed by atoms with Gasteiger partial charge >= 0.3 is 0 Å². The molecule has 0 bridgehead atoms. The van der Waals surface area contributed by atoms with Gasteiger partial charge in [0.1, 0.15) is 10.7 Å². The highest BCUT2D eigenvalue weighted by Gasteiger charge is 2.00. The van der Waals surface area contributed by atoms with E-state index in [9.17, 15) is 4.79 Å². The molecule has 5 nitrogen and oxygen atoms in total. The zero-order valence-corrected chi connectivity index (χ0v) is 14.1. The number of aromatic nitrogens is 1. The number of thiazole rings is 1. The number of likely N-dealkylation sites (N-methyl/N-ethyl adjacent to an activating group) is 1. The van der Waals surface area contributed by atoms with E-state index in [0.717, 1.165) is 17.8 Å². The summed E-state index contributed by atoms with van der Waals surface area (Å²) in [4.78, 5) is 18.8. The molecule has 0 aliphatic heterocycles. The number of hydrogen-bond donors (Lipinski definition) is 1. The SMILES string of the molecule is CN(C)CC(N)=S.CN(C)Cc1nc(C=O)cs1.Cl. The van der Waals surface area contributed by atoms with Gasteiger partial charge in [0.2, 0.25) is 0 Å². The molecule has 0 aliphatic carbocycles. The quantitative estimate of drug-likeness (QED) is 0.650. The van der Waals surface area contributed by atoms with Crippen LogP contribution in [0.15, 0.2) is 5.38 Å². The van der Waals surface area contributed by atoms with Crippen LogP contribution in [0.5, 0.6) is 0 Å². The summed E-state index contributed by atoms with van der Waals surface area (Å²) in [5, 5.41) is 2.75. The predicted molar refractivity (Wildman–Crippen MR) is 87.5 cm³/mol. The Kier molecular flexibility index (Phi) is 12.3. The molecular weight excluding hydrogens is 304 g/mol. The van der Waals surface area contributed by atoms with Gasteiger partial charge in [0.15, 0.2) is 6.29 Å². The molecule has 0 amide bonds. The van der Waals surface area contributed by atoms with E-state index in [1.54, 1.807) is 5.38 Å². The number of nitrogens with two attached hydrogens (primary N) is 1. The molecule has 2 N–H and O–H groups in total. The molecular formula is C11H21ClN4OS2. The van der Waals surface area contributed by atoms with Crippen molar-refractivity contribution in [1.82, 2.24) is 14.8 Å². The normalized spacial score (nSPS) is 9.58. The highest BCUT2D eigenvalue weighted by molar-refractivity contribution is 7.80. The second kappa shape index (κ2) is 11.2. The summed E-state index contributed by atoms with van der Waals surface area (Å²) in [6, 6.07) is 0. The van der Waals surface area contributed by atoms with Crippen LogP contribution in [0.4, 0.5) is 0 Å². The molecule has 0 unspecified atom stereocenters. The molecule has 8 heteroatoms. The van der Waals surface area contributed by atoms with Crippen molar-refractivity contribution in [2.24, 2.45) is 5.73 Å². The van der Waals surface area contributed by atoms with Crippen LogP contribution < -0.4 is 5.73 Å². The Balaban J connectivity index is 0. The monoisotopic (exact) mass is 324 g/mol. The Morgan fingerprint density at radius 2 is 2.00 bits per heavy atom. The number of rotatable bonds is 5. The molecule has 1 rings (SSSR count). The van der Waals surface area contributed by atoms with Gasteiger partial charge in [-0.25, -0.2) is 4.98 Å². The number of carbonyl (C=O) groups excluding carboxylic acids is 1. The van der Waals surface area contributed by atoms with Crippen LogP contribution in [0.2, 0.25) is 0 Å². The van der Waals surface area contributed by atoms with Crippen molar-refractivity contribution in [1.29, 1.82) is 0 Å². The van der Waals surface area contributed by atoms with E-state index in [1.807, 2.05) is 38.0 Å². The number of nitrogens with zero attached hydrogens (tertiary/aromatic N) is 3. The van der Waals surface area contributed by atoms with Gasteiger partial charge in [-0.1, -0.05) is 12.2 Å². The van der Waals surface area contributed by atoms with E-state index in [4.69, 9.17) is 5.73 Å². The Labute approximate surface area is 130 Å². The van der Waals surface area contributed by atoms with E-state index in [2.05, 4.69) is 17.2 Å². The van der Waals surface area contributed by atoms with Gasteiger partial charge in [0, 0.05) is 18.5 Å². The van der Waals surface area contributed by atoms with Gasteiger partial charge in [0.05, 0.1) is 4.99 Å². The first-order valence-corrected chi connectivity index (χ1v) is 6.61. The fourth-order valence-corrected chi connectivity index (χ4v) is 2.15. The van der Waals surface area contributed by atoms with Crippen molar-refractivity contribution >= 4 is 47.2 Å². The lowest BCUT2D eigenvalue weighted by Crippen LogP contribution is -2.25. The second-order valence-corrected chi connectivity index (χ2v) is 5.69. The van der Waals surface area contributed by atoms with Gasteiger partial charge in [-0.3, -0.25) is 4.79 Å². The van der Waals surface area contributed by atoms with Crippen molar-refractivity contribution in [2.75, 3.05) is 34.7 Å². The smallest absolute Gasteiger partial charge is 0.169 e. The number of thiocarbonyl (C=S) groups is 1. The summed E-state index contributed by atoms with van der Waals surface area (Å²) >= 11 is 6.13. The van der Waals surface area contributed by atoms with Crippen LogP contribution in [0.1, 0.15) is 15.5 Å². The molecule has 19 heavy (non-hydrogen) atoms. The summed E-state index contributed by atoms with van der Waals surface area (Å²) in [6.07, 6.45) is 0.773. The fraction of sp³-hybridized carbons (Fsp3) is 0.545. The second-order valence-electron chi connectivity index (χ2n) is 4.23. The summed E-state index contributed by atoms with van der Waals surface area (Å²) in [5.74, 6) is 0. The van der Waals surface area contributed by atoms with E-state index >= 15 is 0 Å². The summed E-state index contributed by atoms with van der Waals surface area (Å²) in [7, 11) is 7.81. The molecule has 0 saturated heterocycles. The van der Waals surface area contributed by atoms with Crippen LogP contribution >= 0.6 is 36.0 Å². The largest absolute Gasteiger partial charge is 0.392 e. The van der Waals surface area contributed by atoms with E-state index < -0.39 is 0 Å². The Bertz CT molecular complexity index is 383. The lowest BCUT2D eigenvalue weighted by atomic mass is 10.5. The minimum Gasteiger partial charge on any atom is -0.392 e. The maximum absolute atomic E-state index is 10.2. The number of aldehydes is 1. The van der Waals surface area contributed by atoms with E-state index in [1.165, 1.54) is 11.3 Å². The number of halogens is 1. The topological polar surface area (TPSA) is 62.5 Å². The van der Waals surface area contributed by atoms with Crippen LogP contribution in [0, 0.1) is 0 Å². The van der Waals surface area contributed by atoms with Gasteiger partial charge in [0.25, 0.3) is 0 Å². The molecule has 0 fully saturated rings. The molecule has 0 spiro atoms. The molecule has 1 aromatic rings. The van der Waals surface area contributed by atoms with Crippen LogP contribution in [-0.2, 0) is 6.54 Å². The molecule has 110 valence electrons. The highest BCUT2D eigenvalue weighted by Crippen LogP contribution is 2.08. The van der Waals surface area contributed by atoms with Crippen LogP contribution in [-0.4, -0.2) is 60.8 Å². The van der Waals surface area contributed by atoms with Crippen LogP contribution in [0.3, 0.4) is 0 Å². The molecule has 1 heterocycles. The molecule has 1 aromatic heterocycles. The van der Waals surface area contributed by atoms with Crippen molar-refractivity contribution < 1.29 is 4.79 Å². The Hall–Kier alpha value is -0.600. The molecule has 0 saturated carbocycles. The van der Waals surface area contributed by atoms with Crippen molar-refractivity contribution in [3.63, 3.8) is 0 Å². The summed E-state index contributed by atoms with van der Waals surface area (Å²) < 4.78 is 0. The van der Waals surface area contributed by atoms with E-state index in [0.29, 0.717) is 17.2 Å². The Morgan fingerprint density at radius 1 is 1.42 bits per heavy atom. The predicted octanol–water partition coefficient (Wildman–Crippen LogP) is 1.27. The minimum atomic E-state index is 0. The molecule has 0 aliphatic rings. The maximum Gasteiger partial charge on any atom is 0.169 e. The third-order valence-electron chi connectivity index (χ3n) is 1.61. The molecule has 0 atom stereocenters. The number of carbonyl (C=O) groups is 1.